The summed E-state index contributed by atoms with van der Waals surface area (Å²) in [7, 11) is 0. The summed E-state index contributed by atoms with van der Waals surface area (Å²) in [5, 5.41) is 11.2. The van der Waals surface area contributed by atoms with Gasteiger partial charge in [-0.1, -0.05) is 6.92 Å². The highest BCUT2D eigenvalue weighted by Gasteiger charge is 2.21. The molecule has 0 bridgehead atoms. The smallest absolute Gasteiger partial charge is 0.233 e. The molecular formula is C8H13N3O. The van der Waals surface area contributed by atoms with Gasteiger partial charge in [0.05, 0.1) is 6.04 Å². The predicted octanol–water partition coefficient (Wildman–Crippen LogP) is 1.06. The first-order valence-electron chi connectivity index (χ1n) is 4.46. The Bertz CT molecular complexity index is 253. The molecule has 0 aliphatic carbocycles. The Morgan fingerprint density at radius 1 is 1.58 bits per heavy atom. The number of aromatic nitrogens is 2. The summed E-state index contributed by atoms with van der Waals surface area (Å²) in [4.78, 5) is 0. The van der Waals surface area contributed by atoms with Gasteiger partial charge in [0.2, 0.25) is 11.8 Å². The molecule has 1 unspecified atom stereocenters. The van der Waals surface area contributed by atoms with Gasteiger partial charge < -0.3 is 9.73 Å². The molecule has 4 nitrogen and oxygen atoms in total. The summed E-state index contributed by atoms with van der Waals surface area (Å²) < 4.78 is 5.43. The first-order chi connectivity index (χ1) is 5.90. The Labute approximate surface area is 71.4 Å². The van der Waals surface area contributed by atoms with Crippen molar-refractivity contribution in [3.8, 4) is 0 Å². The lowest BCUT2D eigenvalue weighted by Gasteiger charge is -2.01. The first-order valence-corrected chi connectivity index (χ1v) is 4.46. The van der Waals surface area contributed by atoms with Crippen molar-refractivity contribution in [3.05, 3.63) is 11.8 Å². The molecule has 0 aromatic carbocycles. The van der Waals surface area contributed by atoms with E-state index in [-0.39, 0.29) is 0 Å². The minimum Gasteiger partial charge on any atom is -0.424 e. The van der Waals surface area contributed by atoms with E-state index in [2.05, 4.69) is 15.5 Å². The topological polar surface area (TPSA) is 51.0 Å². The molecule has 1 atom stereocenters. The normalized spacial score (nSPS) is 23.2. The quantitative estimate of drug-likeness (QED) is 0.715. The highest BCUT2D eigenvalue weighted by molar-refractivity contribution is 4.92. The minimum absolute atomic E-state index is 0.304. The third kappa shape index (κ3) is 1.34. The van der Waals surface area contributed by atoms with Crippen LogP contribution < -0.4 is 5.32 Å². The summed E-state index contributed by atoms with van der Waals surface area (Å²) in [5.74, 6) is 1.49. The van der Waals surface area contributed by atoms with E-state index in [1.54, 1.807) is 0 Å². The van der Waals surface area contributed by atoms with Gasteiger partial charge in [0.1, 0.15) is 0 Å². The van der Waals surface area contributed by atoms with E-state index in [1.165, 1.54) is 6.42 Å². The van der Waals surface area contributed by atoms with E-state index in [0.29, 0.717) is 6.04 Å². The molecule has 1 saturated heterocycles. The molecule has 66 valence electrons. The molecule has 1 aliphatic rings. The predicted molar refractivity (Wildman–Crippen MR) is 43.7 cm³/mol. The largest absolute Gasteiger partial charge is 0.424 e. The lowest BCUT2D eigenvalue weighted by Crippen LogP contribution is -2.12. The zero-order chi connectivity index (χ0) is 8.39. The molecule has 1 aromatic rings. The molecule has 1 aliphatic heterocycles. The van der Waals surface area contributed by atoms with Gasteiger partial charge in [0.15, 0.2) is 0 Å². The lowest BCUT2D eigenvalue weighted by atomic mass is 10.2. The summed E-state index contributed by atoms with van der Waals surface area (Å²) in [6.45, 7) is 3.08. The van der Waals surface area contributed by atoms with Crippen LogP contribution >= 0.6 is 0 Å². The Hall–Kier alpha value is -0.900. The van der Waals surface area contributed by atoms with Crippen molar-refractivity contribution < 1.29 is 4.42 Å². The van der Waals surface area contributed by atoms with Gasteiger partial charge in [-0.15, -0.1) is 10.2 Å². The molecule has 0 radical (unpaired) electrons. The Morgan fingerprint density at radius 3 is 3.08 bits per heavy atom. The zero-order valence-corrected chi connectivity index (χ0v) is 7.21. The lowest BCUT2D eigenvalue weighted by molar-refractivity contribution is 0.405. The molecule has 0 spiro atoms. The Balaban J connectivity index is 2.11. The average molecular weight is 167 g/mol. The van der Waals surface area contributed by atoms with Crippen LogP contribution in [0, 0.1) is 0 Å². The van der Waals surface area contributed by atoms with Crippen LogP contribution in [-0.2, 0) is 6.42 Å². The number of nitrogens with zero attached hydrogens (tertiary/aromatic N) is 2. The van der Waals surface area contributed by atoms with Gasteiger partial charge in [-0.2, -0.15) is 0 Å². The van der Waals surface area contributed by atoms with Crippen molar-refractivity contribution in [1.82, 2.24) is 15.5 Å². The fraction of sp³-hybridized carbons (Fsp3) is 0.750. The molecule has 1 N–H and O–H groups in total. The van der Waals surface area contributed by atoms with Crippen LogP contribution in [0.15, 0.2) is 4.42 Å². The van der Waals surface area contributed by atoms with Gasteiger partial charge >= 0.3 is 0 Å². The maximum Gasteiger partial charge on any atom is 0.233 e. The molecule has 2 heterocycles. The van der Waals surface area contributed by atoms with E-state index in [9.17, 15) is 0 Å². The van der Waals surface area contributed by atoms with Crippen molar-refractivity contribution in [2.75, 3.05) is 6.54 Å². The maximum absolute atomic E-state index is 5.43. The van der Waals surface area contributed by atoms with Gasteiger partial charge in [-0.05, 0) is 19.4 Å². The van der Waals surface area contributed by atoms with Crippen LogP contribution in [0.1, 0.15) is 37.6 Å². The number of aryl methyl sites for hydroxylation is 1. The molecule has 4 heteroatoms. The molecule has 12 heavy (non-hydrogen) atoms. The fourth-order valence-electron chi connectivity index (χ4n) is 1.45. The van der Waals surface area contributed by atoms with Crippen LogP contribution in [0.3, 0.4) is 0 Å². The highest BCUT2D eigenvalue weighted by Crippen LogP contribution is 2.21. The van der Waals surface area contributed by atoms with E-state index in [1.807, 2.05) is 6.92 Å². The number of hydrogen-bond donors (Lipinski definition) is 1. The SMILES string of the molecule is CCc1nnc(C2CCCN2)o1. The standard InChI is InChI=1S/C8H13N3O/c1-2-7-10-11-8(12-7)6-4-3-5-9-6/h6,9H,2-5H2,1H3. The Morgan fingerprint density at radius 2 is 2.50 bits per heavy atom. The van der Waals surface area contributed by atoms with Crippen LogP contribution in [0.2, 0.25) is 0 Å². The highest BCUT2D eigenvalue weighted by atomic mass is 16.4. The summed E-state index contributed by atoms with van der Waals surface area (Å²) in [6.07, 6.45) is 3.14. The van der Waals surface area contributed by atoms with E-state index < -0.39 is 0 Å². The molecule has 1 fully saturated rings. The van der Waals surface area contributed by atoms with Gasteiger partial charge in [-0.3, -0.25) is 0 Å². The zero-order valence-electron chi connectivity index (χ0n) is 7.21. The van der Waals surface area contributed by atoms with Crippen molar-refractivity contribution in [2.24, 2.45) is 0 Å². The van der Waals surface area contributed by atoms with E-state index in [0.717, 1.165) is 31.2 Å². The van der Waals surface area contributed by atoms with Crippen molar-refractivity contribution in [2.45, 2.75) is 32.2 Å². The maximum atomic E-state index is 5.43. The van der Waals surface area contributed by atoms with Crippen LogP contribution in [0.25, 0.3) is 0 Å². The second-order valence-corrected chi connectivity index (χ2v) is 3.04. The molecule has 2 rings (SSSR count). The minimum atomic E-state index is 0.304. The number of nitrogens with one attached hydrogen (secondary N) is 1. The monoisotopic (exact) mass is 167 g/mol. The van der Waals surface area contributed by atoms with Crippen LogP contribution in [0.4, 0.5) is 0 Å². The van der Waals surface area contributed by atoms with Crippen LogP contribution in [-0.4, -0.2) is 16.7 Å². The second kappa shape index (κ2) is 3.23. The summed E-state index contributed by atoms with van der Waals surface area (Å²) >= 11 is 0. The molecule has 0 saturated carbocycles. The van der Waals surface area contributed by atoms with Crippen molar-refractivity contribution in [1.29, 1.82) is 0 Å². The Kier molecular flexibility index (Phi) is 2.08. The van der Waals surface area contributed by atoms with Crippen molar-refractivity contribution in [3.63, 3.8) is 0 Å². The summed E-state index contributed by atoms with van der Waals surface area (Å²) in [6, 6.07) is 0.304. The van der Waals surface area contributed by atoms with E-state index >= 15 is 0 Å². The first kappa shape index (κ1) is 7.73. The second-order valence-electron chi connectivity index (χ2n) is 3.04. The van der Waals surface area contributed by atoms with E-state index in [4.69, 9.17) is 4.42 Å². The third-order valence-electron chi connectivity index (χ3n) is 2.14. The average Bonchev–Trinajstić information content (AvgIpc) is 2.75. The van der Waals surface area contributed by atoms with Gasteiger partial charge in [0, 0.05) is 6.42 Å². The fourth-order valence-corrected chi connectivity index (χ4v) is 1.45. The molecule has 1 aromatic heterocycles. The number of rotatable bonds is 2. The van der Waals surface area contributed by atoms with Gasteiger partial charge in [-0.25, -0.2) is 0 Å². The third-order valence-corrected chi connectivity index (χ3v) is 2.14. The van der Waals surface area contributed by atoms with Gasteiger partial charge in [0.25, 0.3) is 0 Å². The summed E-state index contributed by atoms with van der Waals surface area (Å²) in [5.41, 5.74) is 0. The van der Waals surface area contributed by atoms with Crippen LogP contribution in [0.5, 0.6) is 0 Å². The molecule has 0 amide bonds. The number of hydrogen-bond acceptors (Lipinski definition) is 4. The molecular weight excluding hydrogens is 154 g/mol. The van der Waals surface area contributed by atoms with Crippen molar-refractivity contribution >= 4 is 0 Å².